The number of guanidine groups is 1. The summed E-state index contributed by atoms with van der Waals surface area (Å²) in [6, 6.07) is 0. The minimum Gasteiger partial charge on any atom is -0.365 e. The summed E-state index contributed by atoms with van der Waals surface area (Å²) in [5.41, 5.74) is 5.35. The van der Waals surface area contributed by atoms with Crippen LogP contribution in [-0.2, 0) is 6.54 Å². The summed E-state index contributed by atoms with van der Waals surface area (Å²) < 4.78 is 0. The number of nitrogens with zero attached hydrogens (tertiary/aromatic N) is 4. The zero-order valence-corrected chi connectivity index (χ0v) is 8.27. The van der Waals surface area contributed by atoms with Gasteiger partial charge in [0.1, 0.15) is 10.1 Å². The Morgan fingerprint density at radius 3 is 3.14 bits per heavy atom. The molecule has 0 atom stereocenters. The van der Waals surface area contributed by atoms with Crippen molar-refractivity contribution in [1.29, 1.82) is 0 Å². The second kappa shape index (κ2) is 4.51. The van der Waals surface area contributed by atoms with Crippen LogP contribution in [0.15, 0.2) is 16.7 Å². The minimum absolute atomic E-state index is 0.134. The van der Waals surface area contributed by atoms with Gasteiger partial charge in [-0.2, -0.15) is 0 Å². The van der Waals surface area contributed by atoms with Crippen molar-refractivity contribution in [2.45, 2.75) is 6.54 Å². The highest BCUT2D eigenvalue weighted by molar-refractivity contribution is 7.09. The van der Waals surface area contributed by atoms with Crippen LogP contribution >= 0.6 is 11.3 Å². The number of hydrogen-bond donors (Lipinski definition) is 1. The van der Waals surface area contributed by atoms with Gasteiger partial charge in [-0.1, -0.05) is 0 Å². The van der Waals surface area contributed by atoms with Crippen molar-refractivity contribution in [3.8, 4) is 0 Å². The quantitative estimate of drug-likeness (QED) is 0.333. The fraction of sp³-hybridized carbons (Fsp3) is 0.333. The molecule has 1 aromatic heterocycles. The van der Waals surface area contributed by atoms with E-state index in [1.807, 2.05) is 5.38 Å². The van der Waals surface area contributed by atoms with Crippen molar-refractivity contribution in [2.24, 2.45) is 10.8 Å². The van der Waals surface area contributed by atoms with Crippen molar-refractivity contribution >= 4 is 17.3 Å². The van der Waals surface area contributed by atoms with Crippen LogP contribution < -0.4 is 5.73 Å². The number of nitrogens with two attached hydrogens (primary N) is 1. The van der Waals surface area contributed by atoms with Crippen molar-refractivity contribution in [3.05, 3.63) is 26.7 Å². The summed E-state index contributed by atoms with van der Waals surface area (Å²) in [7, 11) is 1.61. The van der Waals surface area contributed by atoms with E-state index < -0.39 is 5.03 Å². The van der Waals surface area contributed by atoms with E-state index >= 15 is 0 Å². The molecule has 0 saturated carbocycles. The van der Waals surface area contributed by atoms with Crippen LogP contribution in [0.4, 0.5) is 0 Å². The molecule has 7 nitrogen and oxygen atoms in total. The van der Waals surface area contributed by atoms with Gasteiger partial charge in [0.2, 0.25) is 0 Å². The van der Waals surface area contributed by atoms with E-state index in [-0.39, 0.29) is 5.96 Å². The number of aromatic nitrogens is 1. The Hall–Kier alpha value is -1.70. The molecule has 0 saturated heterocycles. The summed E-state index contributed by atoms with van der Waals surface area (Å²) >= 11 is 1.45. The Morgan fingerprint density at radius 2 is 2.64 bits per heavy atom. The lowest BCUT2D eigenvalue weighted by molar-refractivity contribution is -0.485. The first-order valence-electron chi connectivity index (χ1n) is 3.67. The van der Waals surface area contributed by atoms with Gasteiger partial charge < -0.3 is 10.6 Å². The van der Waals surface area contributed by atoms with Gasteiger partial charge in [0.05, 0.1) is 6.54 Å². The predicted octanol–water partition coefficient (Wildman–Crippen LogP) is 0.0813. The molecular weight excluding hydrogens is 206 g/mol. The van der Waals surface area contributed by atoms with Crippen LogP contribution in [0.5, 0.6) is 0 Å². The first-order valence-corrected chi connectivity index (χ1v) is 4.55. The SMILES string of the molecule is CN(Cc1nccs1)C(N)=N[N+](=O)[O-]. The molecule has 0 fully saturated rings. The molecule has 0 spiro atoms. The van der Waals surface area contributed by atoms with E-state index in [0.717, 1.165) is 5.01 Å². The minimum atomic E-state index is -0.826. The third kappa shape index (κ3) is 2.98. The molecule has 0 aliphatic rings. The second-order valence-electron chi connectivity index (χ2n) is 2.48. The van der Waals surface area contributed by atoms with Crippen molar-refractivity contribution in [1.82, 2.24) is 9.88 Å². The largest absolute Gasteiger partial charge is 0.365 e. The molecule has 8 heteroatoms. The topological polar surface area (TPSA) is 97.7 Å². The average molecular weight is 215 g/mol. The first kappa shape index (κ1) is 10.4. The molecule has 0 amide bonds. The van der Waals surface area contributed by atoms with Crippen LogP contribution in [0.2, 0.25) is 0 Å². The van der Waals surface area contributed by atoms with Gasteiger partial charge in [0.15, 0.2) is 5.03 Å². The van der Waals surface area contributed by atoms with Crippen LogP contribution in [0.1, 0.15) is 5.01 Å². The van der Waals surface area contributed by atoms with Crippen molar-refractivity contribution in [2.75, 3.05) is 7.05 Å². The second-order valence-corrected chi connectivity index (χ2v) is 3.46. The summed E-state index contributed by atoms with van der Waals surface area (Å²) in [5.74, 6) is -0.134. The molecule has 76 valence electrons. The molecule has 0 aliphatic heterocycles. The van der Waals surface area contributed by atoms with Gasteiger partial charge in [-0.3, -0.25) is 0 Å². The van der Waals surface area contributed by atoms with E-state index in [4.69, 9.17) is 5.73 Å². The molecule has 14 heavy (non-hydrogen) atoms. The lowest BCUT2D eigenvalue weighted by Crippen LogP contribution is -2.34. The molecule has 0 unspecified atom stereocenters. The monoisotopic (exact) mass is 215 g/mol. The van der Waals surface area contributed by atoms with E-state index in [9.17, 15) is 10.1 Å². The Kier molecular flexibility index (Phi) is 3.35. The standard InChI is InChI=1S/C6H9N5O2S/c1-10(6(7)9-11(12)13)4-5-8-2-3-14-5/h2-3H,4H2,1H3,(H2,7,9). The lowest BCUT2D eigenvalue weighted by atomic mass is 10.6. The summed E-state index contributed by atoms with van der Waals surface area (Å²) in [6.07, 6.45) is 1.66. The Bertz CT molecular complexity index is 336. The van der Waals surface area contributed by atoms with Crippen molar-refractivity contribution < 1.29 is 5.03 Å². The van der Waals surface area contributed by atoms with Gasteiger partial charge in [-0.05, 0) is 0 Å². The maximum atomic E-state index is 10.0. The molecule has 0 radical (unpaired) electrons. The van der Waals surface area contributed by atoms with Gasteiger partial charge >= 0.3 is 0 Å². The fourth-order valence-corrected chi connectivity index (χ4v) is 1.44. The highest BCUT2D eigenvalue weighted by atomic mass is 32.1. The van der Waals surface area contributed by atoms with Crippen molar-refractivity contribution in [3.63, 3.8) is 0 Å². The third-order valence-corrected chi connectivity index (χ3v) is 2.20. The van der Waals surface area contributed by atoms with Gasteiger partial charge in [-0.25, -0.2) is 15.1 Å². The molecule has 0 aliphatic carbocycles. The highest BCUT2D eigenvalue weighted by Gasteiger charge is 2.08. The molecule has 0 aromatic carbocycles. The van der Waals surface area contributed by atoms with E-state index in [2.05, 4.69) is 10.1 Å². The zero-order chi connectivity index (χ0) is 10.6. The van der Waals surface area contributed by atoms with Crippen LogP contribution in [0.25, 0.3) is 0 Å². The maximum Gasteiger partial charge on any atom is 0.268 e. The van der Waals surface area contributed by atoms with Gasteiger partial charge in [0.25, 0.3) is 5.96 Å². The molecule has 1 heterocycles. The Labute approximate surface area is 84.0 Å². The Balaban J connectivity index is 2.58. The zero-order valence-electron chi connectivity index (χ0n) is 7.45. The predicted molar refractivity (Wildman–Crippen MR) is 52.2 cm³/mol. The molecule has 1 rings (SSSR count). The highest BCUT2D eigenvalue weighted by Crippen LogP contribution is 2.06. The van der Waals surface area contributed by atoms with Crippen LogP contribution in [0.3, 0.4) is 0 Å². The lowest BCUT2D eigenvalue weighted by Gasteiger charge is -2.12. The summed E-state index contributed by atoms with van der Waals surface area (Å²) in [5, 5.41) is 14.8. The van der Waals surface area contributed by atoms with Gasteiger partial charge in [0, 0.05) is 18.6 Å². The number of thiazole rings is 1. The van der Waals surface area contributed by atoms with E-state index in [1.165, 1.54) is 16.2 Å². The van der Waals surface area contributed by atoms with E-state index in [0.29, 0.717) is 6.54 Å². The number of hydrazone groups is 1. The first-order chi connectivity index (χ1) is 6.59. The maximum absolute atomic E-state index is 10.0. The van der Waals surface area contributed by atoms with E-state index in [1.54, 1.807) is 13.2 Å². The number of rotatable bonds is 3. The fourth-order valence-electron chi connectivity index (χ4n) is 0.775. The molecule has 2 N–H and O–H groups in total. The van der Waals surface area contributed by atoms with Crippen LogP contribution in [0, 0.1) is 10.1 Å². The smallest absolute Gasteiger partial charge is 0.268 e. The summed E-state index contributed by atoms with van der Waals surface area (Å²) in [4.78, 5) is 15.5. The summed E-state index contributed by atoms with van der Waals surface area (Å²) in [6.45, 7) is 0.418. The third-order valence-electron chi connectivity index (χ3n) is 1.43. The Morgan fingerprint density at radius 1 is 1.93 bits per heavy atom. The average Bonchev–Trinajstić information content (AvgIpc) is 2.55. The van der Waals surface area contributed by atoms with Gasteiger partial charge in [-0.15, -0.1) is 11.3 Å². The normalized spacial score (nSPS) is 11.4. The molecule has 0 bridgehead atoms. The molecule has 1 aromatic rings. The number of hydrogen-bond acceptors (Lipinski definition) is 4. The number of nitro groups is 1. The van der Waals surface area contributed by atoms with Crippen LogP contribution in [-0.4, -0.2) is 27.9 Å². The molecular formula is C6H9N5O2S.